The molecule has 0 rings (SSSR count). The molecule has 0 aromatic heterocycles. The van der Waals surface area contributed by atoms with Crippen LogP contribution in [0.2, 0.25) is 0 Å². The minimum absolute atomic E-state index is 2.91. The molecule has 0 saturated heterocycles. The lowest BCUT2D eigenvalue weighted by atomic mass is 11.1. The molecule has 0 radical (unpaired) electrons. The van der Waals surface area contributed by atoms with Gasteiger partial charge < -0.3 is 0 Å². The summed E-state index contributed by atoms with van der Waals surface area (Å²) in [6.07, 6.45) is -5.81. The highest BCUT2D eigenvalue weighted by molar-refractivity contribution is 7.66. The standard InChI is InChI=1S/C2F4.H2O3S/c3-1(4)2(5)6;1-4(2)3/h;4H,(H,1,2,3)/i;4D. The largest absolute Gasteiger partial charge is 0.334 e. The van der Waals surface area contributed by atoms with E-state index in [1.54, 1.807) is 0 Å². The fourth-order valence-electron chi connectivity index (χ4n) is 0. The predicted octanol–water partition coefficient (Wildman–Crippen LogP) is 1.06. The van der Waals surface area contributed by atoms with E-state index in [0.717, 1.165) is 0 Å². The molecule has 3 nitrogen and oxygen atoms in total. The molecule has 0 atom stereocenters. The van der Waals surface area contributed by atoms with Gasteiger partial charge in [0.05, 0.1) is 0 Å². The number of rotatable bonds is 0. The van der Waals surface area contributed by atoms with Crippen molar-refractivity contribution < 1.29 is 30.5 Å². The minimum Gasteiger partial charge on any atom is -0.288 e. The van der Waals surface area contributed by atoms with Crippen molar-refractivity contribution in [3.63, 3.8) is 0 Å². The van der Waals surface area contributed by atoms with Gasteiger partial charge in [0, 0.05) is 0 Å². The van der Waals surface area contributed by atoms with Crippen LogP contribution in [-0.4, -0.2) is 14.1 Å². The molecule has 0 fully saturated rings. The van der Waals surface area contributed by atoms with E-state index in [2.05, 4.69) is 0 Å². The minimum atomic E-state index is -4.42. The highest BCUT2D eigenvalue weighted by atomic mass is 32.2. The van der Waals surface area contributed by atoms with Crippen molar-refractivity contribution in [1.29, 1.82) is 1.12 Å². The summed E-state index contributed by atoms with van der Waals surface area (Å²) in [7, 11) is -4.42. The molecular weight excluding hydrogens is 180 g/mol. The summed E-state index contributed by atoms with van der Waals surface area (Å²) in [5.74, 6) is 0. The lowest BCUT2D eigenvalue weighted by Gasteiger charge is -1.69. The second-order valence-electron chi connectivity index (χ2n) is 0.738. The van der Waals surface area contributed by atoms with E-state index in [0.29, 0.717) is 0 Å². The number of halogens is 4. The van der Waals surface area contributed by atoms with Gasteiger partial charge in [-0.25, -0.2) is 8.42 Å². The smallest absolute Gasteiger partial charge is 0.288 e. The number of hydrogen-bond acceptors (Lipinski definition) is 2. The van der Waals surface area contributed by atoms with Gasteiger partial charge in [-0.15, -0.1) is 0 Å². The second kappa shape index (κ2) is 6.49. The molecule has 0 aliphatic heterocycles. The topological polar surface area (TPSA) is 54.4 Å². The molecular formula is C2H2F4O3S. The van der Waals surface area contributed by atoms with Crippen molar-refractivity contribution in [3.05, 3.63) is 12.2 Å². The van der Waals surface area contributed by atoms with E-state index >= 15 is 0 Å². The summed E-state index contributed by atoms with van der Waals surface area (Å²) in [4.78, 5) is 0. The first-order chi connectivity index (χ1) is 4.64. The quantitative estimate of drug-likeness (QED) is 0.335. The molecule has 0 aromatic carbocycles. The first-order valence-electron chi connectivity index (χ1n) is 1.93. The first-order valence-corrected chi connectivity index (χ1v) is 2.55. The molecule has 0 unspecified atom stereocenters. The lowest BCUT2D eigenvalue weighted by Crippen LogP contribution is -1.58. The van der Waals surface area contributed by atoms with Crippen LogP contribution in [0.15, 0.2) is 12.2 Å². The van der Waals surface area contributed by atoms with Crippen LogP contribution in [0, 0.1) is 0 Å². The summed E-state index contributed by atoms with van der Waals surface area (Å²) in [5, 5.41) is 0. The van der Waals surface area contributed by atoms with Crippen LogP contribution in [0.5, 0.6) is 0 Å². The zero-order chi connectivity index (χ0) is 9.65. The van der Waals surface area contributed by atoms with Gasteiger partial charge in [0.15, 0.2) is 0 Å². The monoisotopic (exact) mass is 183 g/mol. The summed E-state index contributed by atoms with van der Waals surface area (Å²) in [5.41, 5.74) is 0. The molecule has 0 aromatic rings. The average Bonchev–Trinajstić information content (AvgIpc) is 1.59. The third kappa shape index (κ3) is 26.3. The van der Waals surface area contributed by atoms with Crippen molar-refractivity contribution >= 4 is 10.9 Å². The van der Waals surface area contributed by atoms with E-state index in [1.165, 1.54) is 0 Å². The molecule has 62 valence electrons. The molecule has 1 N–H and O–H groups in total. The normalized spacial score (nSPS) is 10.7. The van der Waals surface area contributed by atoms with Gasteiger partial charge in [-0.2, -0.15) is 17.6 Å². The van der Waals surface area contributed by atoms with Crippen molar-refractivity contribution in [1.82, 2.24) is 0 Å². The Morgan fingerprint density at radius 1 is 1.20 bits per heavy atom. The van der Waals surface area contributed by atoms with E-state index < -0.39 is 23.1 Å². The first kappa shape index (κ1) is 9.37. The third-order valence-corrected chi connectivity index (χ3v) is 0.143. The molecule has 0 aliphatic rings. The maximum Gasteiger partial charge on any atom is 0.334 e. The fraction of sp³-hybridized carbons (Fsp3) is 0. The molecule has 8 heteroatoms. The van der Waals surface area contributed by atoms with Gasteiger partial charge in [0.25, 0.3) is 10.9 Å². The van der Waals surface area contributed by atoms with Gasteiger partial charge >= 0.3 is 12.2 Å². The third-order valence-electron chi connectivity index (χ3n) is 0.143. The van der Waals surface area contributed by atoms with Crippen LogP contribution < -0.4 is 0 Å². The maximum atomic E-state index is 10.3. The van der Waals surface area contributed by atoms with Crippen LogP contribution in [-0.2, 0) is 10.9 Å². The van der Waals surface area contributed by atoms with Crippen LogP contribution in [0.25, 0.3) is 0 Å². The Bertz CT molecular complexity index is 208. The van der Waals surface area contributed by atoms with Crippen molar-refractivity contribution in [2.45, 2.75) is 0 Å². The predicted molar refractivity (Wildman–Crippen MR) is 24.4 cm³/mol. The summed E-state index contributed by atoms with van der Waals surface area (Å²) in [6.45, 7) is 0. The van der Waals surface area contributed by atoms with Gasteiger partial charge in [0.1, 0.15) is 0 Å². The van der Waals surface area contributed by atoms with Crippen LogP contribution >= 0.6 is 0 Å². The van der Waals surface area contributed by atoms with Crippen molar-refractivity contribution in [3.8, 4) is 0 Å². The number of hydrogen-bond donors (Lipinski definition) is 2. The molecule has 0 spiro atoms. The lowest BCUT2D eigenvalue weighted by molar-refractivity contribution is 0.308. The molecule has 0 saturated carbocycles. The number of thiol groups is 1. The molecule has 0 bridgehead atoms. The molecule has 0 amide bonds. The fourth-order valence-corrected chi connectivity index (χ4v) is 0. The molecule has 0 aliphatic carbocycles. The Hall–Kier alpha value is -0.630. The Morgan fingerprint density at radius 2 is 1.30 bits per heavy atom. The Labute approximate surface area is 55.8 Å². The Morgan fingerprint density at radius 3 is 1.30 bits per heavy atom. The van der Waals surface area contributed by atoms with Crippen LogP contribution in [0.4, 0.5) is 17.6 Å². The van der Waals surface area contributed by atoms with Gasteiger partial charge in [-0.1, -0.05) is 0 Å². The van der Waals surface area contributed by atoms with Crippen molar-refractivity contribution in [2.75, 3.05) is 0 Å². The Kier molecular flexibility index (Phi) is 6.08. The van der Waals surface area contributed by atoms with Gasteiger partial charge in [-0.05, 0) is 0 Å². The molecule has 10 heavy (non-hydrogen) atoms. The zero-order valence-electron chi connectivity index (χ0n) is 5.18. The summed E-state index contributed by atoms with van der Waals surface area (Å²) >= 11 is 0. The zero-order valence-corrected chi connectivity index (χ0v) is 5.00. The van der Waals surface area contributed by atoms with Crippen molar-refractivity contribution in [2.24, 2.45) is 0 Å². The van der Waals surface area contributed by atoms with E-state index in [1.807, 2.05) is 0 Å². The molecule has 0 heterocycles. The Balaban J connectivity index is 0. The summed E-state index contributed by atoms with van der Waals surface area (Å²) in [6, 6.07) is 0. The summed E-state index contributed by atoms with van der Waals surface area (Å²) < 4.78 is 71.5. The highest BCUT2D eigenvalue weighted by Crippen LogP contribution is 2.08. The maximum absolute atomic E-state index is 10.3. The van der Waals surface area contributed by atoms with Gasteiger partial charge in [0.2, 0.25) is 1.12 Å². The highest BCUT2D eigenvalue weighted by Gasteiger charge is 1.98. The van der Waals surface area contributed by atoms with Crippen LogP contribution in [0.3, 0.4) is 0 Å². The second-order valence-corrected chi connectivity index (χ2v) is 1.17. The average molecular weight is 183 g/mol. The van der Waals surface area contributed by atoms with E-state index in [-0.39, 0.29) is 0 Å². The van der Waals surface area contributed by atoms with Crippen LogP contribution in [0.1, 0.15) is 0 Å². The van der Waals surface area contributed by atoms with Gasteiger partial charge in [-0.3, -0.25) is 4.55 Å². The van der Waals surface area contributed by atoms with E-state index in [4.69, 9.17) is 14.1 Å². The van der Waals surface area contributed by atoms with E-state index in [9.17, 15) is 17.6 Å². The SMILES string of the molecule is FC(F)=C(F)F.[2H]S(=O)(=O)O.